The summed E-state index contributed by atoms with van der Waals surface area (Å²) in [4.78, 5) is 10.2. The summed E-state index contributed by atoms with van der Waals surface area (Å²) >= 11 is 9.12. The van der Waals surface area contributed by atoms with Crippen LogP contribution in [0.4, 0.5) is 17.1 Å². The van der Waals surface area contributed by atoms with Crippen LogP contribution in [0.15, 0.2) is 142 Å². The van der Waals surface area contributed by atoms with Crippen molar-refractivity contribution < 1.29 is 9.47 Å². The molecule has 0 atom stereocenters. The molecule has 0 saturated carbocycles. The summed E-state index contributed by atoms with van der Waals surface area (Å²) in [5.74, 6) is 2.82. The number of halogens is 2. The number of hydrogen-bond acceptors (Lipinski definition) is 5. The molecule has 2 heterocycles. The summed E-state index contributed by atoms with van der Waals surface area (Å²) in [7, 11) is 0. The van der Waals surface area contributed by atoms with Gasteiger partial charge < -0.3 is 18.9 Å². The van der Waals surface area contributed by atoms with E-state index in [2.05, 4.69) is 196 Å². The van der Waals surface area contributed by atoms with E-state index in [1.54, 1.807) is 11.3 Å². The first-order valence-corrected chi connectivity index (χ1v) is 25.4. The highest BCUT2D eigenvalue weighted by Crippen LogP contribution is 2.42. The maximum atomic E-state index is 6.13. The van der Waals surface area contributed by atoms with E-state index in [1.807, 2.05) is 0 Å². The van der Waals surface area contributed by atoms with Crippen molar-refractivity contribution in [1.29, 1.82) is 0 Å². The highest BCUT2D eigenvalue weighted by molar-refractivity contribution is 9.10. The first-order valence-electron chi connectivity index (χ1n) is 23.0. The zero-order valence-corrected chi connectivity index (χ0v) is 41.1. The van der Waals surface area contributed by atoms with Crippen molar-refractivity contribution >= 4 is 60.3 Å². The molecule has 8 heteroatoms. The van der Waals surface area contributed by atoms with Crippen LogP contribution < -0.4 is 14.4 Å². The van der Waals surface area contributed by atoms with E-state index in [9.17, 15) is 0 Å². The maximum absolute atomic E-state index is 6.13. The average molecular weight is 988 g/mol. The van der Waals surface area contributed by atoms with Crippen molar-refractivity contribution in [2.75, 3.05) is 18.1 Å². The van der Waals surface area contributed by atoms with Gasteiger partial charge in [-0.25, -0.2) is 4.98 Å². The van der Waals surface area contributed by atoms with Crippen molar-refractivity contribution in [2.45, 2.75) is 104 Å². The fraction of sp³-hybridized carbons (Fsp3) is 0.327. The van der Waals surface area contributed by atoms with Gasteiger partial charge in [0.1, 0.15) is 11.5 Å². The second-order valence-electron chi connectivity index (χ2n) is 16.2. The van der Waals surface area contributed by atoms with E-state index >= 15 is 0 Å². The molecular weight excluding hydrogens is 926 g/mol. The Hall–Kier alpha value is -4.63. The summed E-state index contributed by atoms with van der Waals surface area (Å²) in [6.07, 6.45) is 14.2. The van der Waals surface area contributed by atoms with Crippen LogP contribution >= 0.6 is 43.2 Å². The zero-order chi connectivity index (χ0) is 43.8. The second-order valence-corrected chi connectivity index (χ2v) is 19.1. The van der Waals surface area contributed by atoms with Crippen LogP contribution in [0.3, 0.4) is 0 Å². The maximum Gasteiger partial charge on any atom is 0.151 e. The number of benzene rings is 5. The molecule has 0 amide bonds. The molecule has 5 aromatic carbocycles. The van der Waals surface area contributed by atoms with Crippen LogP contribution in [-0.4, -0.2) is 22.8 Å². The predicted molar refractivity (Wildman–Crippen MR) is 275 cm³/mol. The first-order chi connectivity index (χ1) is 30.9. The molecule has 7 rings (SSSR count). The molecule has 0 bridgehead atoms. The molecule has 0 spiro atoms. The zero-order valence-electron chi connectivity index (χ0n) is 37.1. The minimum absolute atomic E-state index is 0.744. The molecule has 0 aliphatic carbocycles. The Labute approximate surface area is 396 Å². The summed E-state index contributed by atoms with van der Waals surface area (Å²) < 4.78 is 16.8. The largest absolute Gasteiger partial charge is 0.494 e. The van der Waals surface area contributed by atoms with Gasteiger partial charge in [-0.05, 0) is 122 Å². The lowest BCUT2D eigenvalue weighted by molar-refractivity contribution is 0.305. The topological polar surface area (TPSA) is 39.5 Å². The van der Waals surface area contributed by atoms with Gasteiger partial charge in [-0.15, -0.1) is 11.3 Å². The molecule has 2 aromatic heterocycles. The molecule has 5 nitrogen and oxygen atoms in total. The van der Waals surface area contributed by atoms with Crippen LogP contribution in [0, 0.1) is 0 Å². The van der Waals surface area contributed by atoms with E-state index < -0.39 is 0 Å². The number of rotatable bonds is 24. The van der Waals surface area contributed by atoms with E-state index in [0.29, 0.717) is 0 Å². The van der Waals surface area contributed by atoms with E-state index in [4.69, 9.17) is 14.5 Å². The standard InChI is InChI=1S/C55H61Br2N3O2S/c1-4-7-10-13-38-59-54(43-18-24-45(57)25-19-43)53(42-16-22-44(56)23-17-42)58-55(59)52-37-36-51(63-52)41-20-26-46(27-21-41)60(47-28-32-49(33-29-47)61-39-14-11-8-5-2)48-30-34-50(35-31-48)62-40-15-12-9-6-3/h16-37H,4-15,38-40H2,1-3H3. The summed E-state index contributed by atoms with van der Waals surface area (Å²) in [5.41, 5.74) is 8.84. The fourth-order valence-corrected chi connectivity index (χ4v) is 9.46. The second kappa shape index (κ2) is 23.9. The molecule has 328 valence electrons. The Morgan fingerprint density at radius 1 is 0.476 bits per heavy atom. The Balaban J connectivity index is 1.19. The van der Waals surface area contributed by atoms with Gasteiger partial charge in [0.05, 0.1) is 29.5 Å². The molecule has 7 aromatic rings. The average Bonchev–Trinajstić information content (AvgIpc) is 3.95. The summed E-state index contributed by atoms with van der Waals surface area (Å²) in [6, 6.07) is 47.7. The van der Waals surface area contributed by atoms with Gasteiger partial charge in [0.25, 0.3) is 0 Å². The molecule has 0 fully saturated rings. The molecule has 0 aliphatic heterocycles. The third kappa shape index (κ3) is 12.6. The van der Waals surface area contributed by atoms with Gasteiger partial charge in [0.15, 0.2) is 5.82 Å². The van der Waals surface area contributed by atoms with Crippen LogP contribution in [0.5, 0.6) is 11.5 Å². The van der Waals surface area contributed by atoms with Crippen LogP contribution in [-0.2, 0) is 6.54 Å². The van der Waals surface area contributed by atoms with Gasteiger partial charge in [0.2, 0.25) is 0 Å². The van der Waals surface area contributed by atoms with Crippen molar-refractivity contribution in [2.24, 2.45) is 0 Å². The summed E-state index contributed by atoms with van der Waals surface area (Å²) in [5, 5.41) is 0. The van der Waals surface area contributed by atoms with E-state index in [1.165, 1.54) is 68.2 Å². The number of nitrogens with zero attached hydrogens (tertiary/aromatic N) is 3. The normalized spacial score (nSPS) is 11.3. The number of hydrogen-bond donors (Lipinski definition) is 0. The minimum Gasteiger partial charge on any atom is -0.494 e. The van der Waals surface area contributed by atoms with Gasteiger partial charge >= 0.3 is 0 Å². The van der Waals surface area contributed by atoms with Crippen molar-refractivity contribution in [3.8, 4) is 55.2 Å². The van der Waals surface area contributed by atoms with Crippen molar-refractivity contribution in [3.63, 3.8) is 0 Å². The lowest BCUT2D eigenvalue weighted by Crippen LogP contribution is -2.10. The quantitative estimate of drug-likeness (QED) is 0.0566. The number of imidazole rings is 1. The Kier molecular flexibility index (Phi) is 17.6. The number of thiophene rings is 1. The smallest absolute Gasteiger partial charge is 0.151 e. The minimum atomic E-state index is 0.744. The lowest BCUT2D eigenvalue weighted by atomic mass is 10.0. The predicted octanol–water partition coefficient (Wildman–Crippen LogP) is 18.1. The molecule has 0 N–H and O–H groups in total. The fourth-order valence-electron chi connectivity index (χ4n) is 7.92. The number of unbranched alkanes of at least 4 members (excludes halogenated alkanes) is 9. The van der Waals surface area contributed by atoms with E-state index in [-0.39, 0.29) is 0 Å². The van der Waals surface area contributed by atoms with Crippen LogP contribution in [0.1, 0.15) is 97.8 Å². The summed E-state index contributed by atoms with van der Waals surface area (Å²) in [6.45, 7) is 9.14. The van der Waals surface area contributed by atoms with Gasteiger partial charge in [-0.2, -0.15) is 0 Å². The highest BCUT2D eigenvalue weighted by Gasteiger charge is 2.23. The van der Waals surface area contributed by atoms with Crippen molar-refractivity contribution in [1.82, 2.24) is 9.55 Å². The van der Waals surface area contributed by atoms with E-state index in [0.717, 1.165) is 110 Å². The number of aromatic nitrogens is 2. The van der Waals surface area contributed by atoms with Crippen LogP contribution in [0.25, 0.3) is 43.7 Å². The molecule has 0 unspecified atom stereocenters. The Morgan fingerprint density at radius 3 is 1.43 bits per heavy atom. The Morgan fingerprint density at radius 2 is 0.921 bits per heavy atom. The van der Waals surface area contributed by atoms with Gasteiger partial charge in [-0.1, -0.05) is 147 Å². The number of anilines is 3. The highest BCUT2D eigenvalue weighted by atomic mass is 79.9. The Bertz CT molecular complexity index is 2370. The molecule has 0 radical (unpaired) electrons. The SMILES string of the molecule is CCCCCCOc1ccc(N(c2ccc(OCCCCCC)cc2)c2ccc(-c3ccc(-c4nc(-c5ccc(Br)cc5)c(-c5ccc(Br)cc5)n4CCCCCC)s3)cc2)cc1. The van der Waals surface area contributed by atoms with Crippen molar-refractivity contribution in [3.05, 3.63) is 142 Å². The molecule has 0 aliphatic rings. The van der Waals surface area contributed by atoms with Crippen LogP contribution in [0.2, 0.25) is 0 Å². The third-order valence-electron chi connectivity index (χ3n) is 11.4. The molecule has 0 saturated heterocycles. The molecular formula is C55H61Br2N3O2S. The number of ether oxygens (including phenoxy) is 2. The lowest BCUT2D eigenvalue weighted by Gasteiger charge is -2.26. The monoisotopic (exact) mass is 985 g/mol. The first kappa shape index (κ1) is 46.4. The van der Waals surface area contributed by atoms with Gasteiger partial charge in [-0.3, -0.25) is 0 Å². The molecule has 63 heavy (non-hydrogen) atoms. The van der Waals surface area contributed by atoms with Gasteiger partial charge in [0, 0.05) is 48.6 Å². The third-order valence-corrected chi connectivity index (χ3v) is 13.6.